The molecule has 0 spiro atoms. The molecule has 0 aromatic heterocycles. The van der Waals surface area contributed by atoms with Gasteiger partial charge in [0.25, 0.3) is 0 Å². The molecule has 2 aromatic carbocycles. The SMILES string of the molecule is Cc1ccc(NC(=O)Cc2ccc(O)cc2)cc1F. The van der Waals surface area contributed by atoms with Crippen LogP contribution in [0, 0.1) is 12.7 Å². The Hall–Kier alpha value is -2.36. The van der Waals surface area contributed by atoms with Crippen LogP contribution >= 0.6 is 0 Å². The number of benzene rings is 2. The Bertz CT molecular complexity index is 594. The lowest BCUT2D eigenvalue weighted by molar-refractivity contribution is -0.115. The van der Waals surface area contributed by atoms with Crippen molar-refractivity contribution in [1.29, 1.82) is 0 Å². The summed E-state index contributed by atoms with van der Waals surface area (Å²) in [5.41, 5.74) is 1.76. The third-order valence-corrected chi connectivity index (χ3v) is 2.76. The minimum Gasteiger partial charge on any atom is -0.508 e. The molecule has 4 heteroatoms. The Morgan fingerprint density at radius 1 is 1.21 bits per heavy atom. The number of amides is 1. The fraction of sp³-hybridized carbons (Fsp3) is 0.133. The maximum atomic E-state index is 13.3. The monoisotopic (exact) mass is 259 g/mol. The molecule has 0 radical (unpaired) electrons. The van der Waals surface area contributed by atoms with E-state index in [-0.39, 0.29) is 23.9 Å². The van der Waals surface area contributed by atoms with Crippen LogP contribution in [-0.2, 0) is 11.2 Å². The van der Waals surface area contributed by atoms with Gasteiger partial charge in [0.1, 0.15) is 11.6 Å². The highest BCUT2D eigenvalue weighted by Crippen LogP contribution is 2.15. The maximum absolute atomic E-state index is 13.3. The molecular formula is C15H14FNO2. The van der Waals surface area contributed by atoms with Crippen LogP contribution in [0.25, 0.3) is 0 Å². The van der Waals surface area contributed by atoms with Gasteiger partial charge in [-0.15, -0.1) is 0 Å². The quantitative estimate of drug-likeness (QED) is 0.890. The largest absolute Gasteiger partial charge is 0.508 e. The van der Waals surface area contributed by atoms with E-state index in [0.29, 0.717) is 11.3 Å². The first-order chi connectivity index (χ1) is 9.04. The Morgan fingerprint density at radius 3 is 2.53 bits per heavy atom. The third-order valence-electron chi connectivity index (χ3n) is 2.76. The zero-order valence-corrected chi connectivity index (χ0v) is 10.5. The molecule has 98 valence electrons. The average Bonchev–Trinajstić information content (AvgIpc) is 2.37. The Balaban J connectivity index is 2.01. The first kappa shape index (κ1) is 13.1. The van der Waals surface area contributed by atoms with E-state index in [1.807, 2.05) is 0 Å². The van der Waals surface area contributed by atoms with Gasteiger partial charge in [-0.25, -0.2) is 4.39 Å². The van der Waals surface area contributed by atoms with Gasteiger partial charge in [0.05, 0.1) is 6.42 Å². The van der Waals surface area contributed by atoms with Gasteiger partial charge in [0.15, 0.2) is 0 Å². The van der Waals surface area contributed by atoms with E-state index in [2.05, 4.69) is 5.32 Å². The summed E-state index contributed by atoms with van der Waals surface area (Å²) >= 11 is 0. The summed E-state index contributed by atoms with van der Waals surface area (Å²) in [5, 5.41) is 11.8. The van der Waals surface area contributed by atoms with Crippen molar-refractivity contribution in [3.63, 3.8) is 0 Å². The number of anilines is 1. The minimum atomic E-state index is -0.345. The number of hydrogen-bond donors (Lipinski definition) is 2. The second kappa shape index (κ2) is 5.52. The van der Waals surface area contributed by atoms with E-state index in [1.54, 1.807) is 31.2 Å². The van der Waals surface area contributed by atoms with Gasteiger partial charge in [-0.3, -0.25) is 4.79 Å². The topological polar surface area (TPSA) is 49.3 Å². The number of hydrogen-bond acceptors (Lipinski definition) is 2. The van der Waals surface area contributed by atoms with Crippen molar-refractivity contribution in [1.82, 2.24) is 0 Å². The van der Waals surface area contributed by atoms with Crippen LogP contribution in [0.1, 0.15) is 11.1 Å². The summed E-state index contributed by atoms with van der Waals surface area (Å²) in [6, 6.07) is 11.0. The second-order valence-corrected chi connectivity index (χ2v) is 4.36. The molecule has 0 aliphatic carbocycles. The van der Waals surface area contributed by atoms with E-state index in [0.717, 1.165) is 5.56 Å². The zero-order chi connectivity index (χ0) is 13.8. The van der Waals surface area contributed by atoms with Gasteiger partial charge in [0, 0.05) is 5.69 Å². The van der Waals surface area contributed by atoms with Crippen molar-refractivity contribution >= 4 is 11.6 Å². The predicted octanol–water partition coefficient (Wildman–Crippen LogP) is 3.02. The Kier molecular flexibility index (Phi) is 3.80. The van der Waals surface area contributed by atoms with E-state index in [4.69, 9.17) is 5.11 Å². The number of phenolic OH excluding ortho intramolecular Hbond substituents is 1. The molecule has 2 N–H and O–H groups in total. The van der Waals surface area contributed by atoms with Gasteiger partial charge >= 0.3 is 0 Å². The van der Waals surface area contributed by atoms with Crippen molar-refractivity contribution in [2.75, 3.05) is 5.32 Å². The number of aromatic hydroxyl groups is 1. The minimum absolute atomic E-state index is 0.157. The summed E-state index contributed by atoms with van der Waals surface area (Å²) in [5.74, 6) is -0.416. The summed E-state index contributed by atoms with van der Waals surface area (Å²) in [6.45, 7) is 1.66. The van der Waals surface area contributed by atoms with Crippen LogP contribution in [0.3, 0.4) is 0 Å². The molecule has 19 heavy (non-hydrogen) atoms. The van der Waals surface area contributed by atoms with Crippen LogP contribution < -0.4 is 5.32 Å². The smallest absolute Gasteiger partial charge is 0.228 e. The molecule has 0 heterocycles. The number of nitrogens with one attached hydrogen (secondary N) is 1. The van der Waals surface area contributed by atoms with Gasteiger partial charge in [-0.05, 0) is 42.3 Å². The average molecular weight is 259 g/mol. The fourth-order valence-electron chi connectivity index (χ4n) is 1.67. The molecule has 1 amide bonds. The van der Waals surface area contributed by atoms with E-state index in [9.17, 15) is 9.18 Å². The normalized spacial score (nSPS) is 10.2. The molecule has 0 unspecified atom stereocenters. The molecule has 0 bridgehead atoms. The fourth-order valence-corrected chi connectivity index (χ4v) is 1.67. The Morgan fingerprint density at radius 2 is 1.89 bits per heavy atom. The zero-order valence-electron chi connectivity index (χ0n) is 10.5. The van der Waals surface area contributed by atoms with Crippen LogP contribution in [0.4, 0.5) is 10.1 Å². The number of aryl methyl sites for hydroxylation is 1. The van der Waals surface area contributed by atoms with Crippen molar-refractivity contribution in [2.45, 2.75) is 13.3 Å². The summed E-state index contributed by atoms with van der Waals surface area (Å²) in [7, 11) is 0. The second-order valence-electron chi connectivity index (χ2n) is 4.36. The first-order valence-corrected chi connectivity index (χ1v) is 5.88. The highest BCUT2D eigenvalue weighted by atomic mass is 19.1. The lowest BCUT2D eigenvalue weighted by Crippen LogP contribution is -2.14. The molecule has 0 saturated heterocycles. The molecular weight excluding hydrogens is 245 g/mol. The van der Waals surface area contributed by atoms with Gasteiger partial charge in [0.2, 0.25) is 5.91 Å². The van der Waals surface area contributed by atoms with Crippen molar-refractivity contribution in [3.8, 4) is 5.75 Å². The highest BCUT2D eigenvalue weighted by molar-refractivity contribution is 5.92. The van der Waals surface area contributed by atoms with Crippen LogP contribution in [0.5, 0.6) is 5.75 Å². The molecule has 0 aliphatic rings. The van der Waals surface area contributed by atoms with E-state index < -0.39 is 0 Å². The van der Waals surface area contributed by atoms with Crippen molar-refractivity contribution in [2.24, 2.45) is 0 Å². The predicted molar refractivity (Wildman–Crippen MR) is 71.6 cm³/mol. The lowest BCUT2D eigenvalue weighted by Gasteiger charge is -2.06. The molecule has 0 saturated carbocycles. The Labute approximate surface area is 110 Å². The first-order valence-electron chi connectivity index (χ1n) is 5.88. The van der Waals surface area contributed by atoms with Crippen LogP contribution in [0.15, 0.2) is 42.5 Å². The van der Waals surface area contributed by atoms with Gasteiger partial charge in [-0.2, -0.15) is 0 Å². The number of phenols is 1. The molecule has 2 rings (SSSR count). The summed E-state index contributed by atoms with van der Waals surface area (Å²) in [4.78, 5) is 11.8. The van der Waals surface area contributed by atoms with Crippen molar-refractivity contribution in [3.05, 3.63) is 59.4 Å². The van der Waals surface area contributed by atoms with E-state index >= 15 is 0 Å². The summed E-state index contributed by atoms with van der Waals surface area (Å²) < 4.78 is 13.3. The van der Waals surface area contributed by atoms with Crippen molar-refractivity contribution < 1.29 is 14.3 Å². The molecule has 3 nitrogen and oxygen atoms in total. The standard InChI is InChI=1S/C15H14FNO2/c1-10-2-5-12(9-14(10)16)17-15(19)8-11-3-6-13(18)7-4-11/h2-7,9,18H,8H2,1H3,(H,17,19). The number of rotatable bonds is 3. The molecule has 0 fully saturated rings. The third kappa shape index (κ3) is 3.55. The van der Waals surface area contributed by atoms with Gasteiger partial charge in [-0.1, -0.05) is 18.2 Å². The molecule has 2 aromatic rings. The maximum Gasteiger partial charge on any atom is 0.228 e. The van der Waals surface area contributed by atoms with Gasteiger partial charge < -0.3 is 10.4 Å². The van der Waals surface area contributed by atoms with Crippen LogP contribution in [-0.4, -0.2) is 11.0 Å². The number of halogens is 1. The highest BCUT2D eigenvalue weighted by Gasteiger charge is 2.06. The van der Waals surface area contributed by atoms with E-state index in [1.165, 1.54) is 18.2 Å². The summed E-state index contributed by atoms with van der Waals surface area (Å²) in [6.07, 6.45) is 0.176. The number of carbonyl (C=O) groups is 1. The molecule has 0 aliphatic heterocycles. The lowest BCUT2D eigenvalue weighted by atomic mass is 10.1. The van der Waals surface area contributed by atoms with Crippen LogP contribution in [0.2, 0.25) is 0 Å². The number of carbonyl (C=O) groups excluding carboxylic acids is 1. The molecule has 0 atom stereocenters.